The molecule has 0 aliphatic carbocycles. The number of hydrogen-bond donors (Lipinski definition) is 0. The lowest BCUT2D eigenvalue weighted by Gasteiger charge is -2.10. The highest BCUT2D eigenvalue weighted by atomic mass is 19.4. The Balaban J connectivity index is 3.22. The van der Waals surface area contributed by atoms with Crippen molar-refractivity contribution in [2.45, 2.75) is 6.18 Å². The van der Waals surface area contributed by atoms with Crippen molar-refractivity contribution < 1.29 is 27.4 Å². The Morgan fingerprint density at radius 3 is 2.44 bits per heavy atom. The van der Waals surface area contributed by atoms with Gasteiger partial charge in [0.25, 0.3) is 0 Å². The number of nitrogens with zero attached hydrogens (tertiary/aromatic N) is 1. The summed E-state index contributed by atoms with van der Waals surface area (Å²) in [6, 6.07) is 0.645. The molecule has 0 amide bonds. The lowest BCUT2D eigenvalue weighted by molar-refractivity contribution is -0.141. The number of pyridine rings is 1. The number of methoxy groups -OCH3 is 2. The van der Waals surface area contributed by atoms with Crippen LogP contribution in [0.25, 0.3) is 0 Å². The van der Waals surface area contributed by atoms with Crippen molar-refractivity contribution >= 4 is 5.97 Å². The highest BCUT2D eigenvalue weighted by Gasteiger charge is 2.33. The molecule has 0 unspecified atom stereocenters. The molecule has 1 aromatic heterocycles. The molecule has 0 N–H and O–H groups in total. The first-order valence-electron chi connectivity index (χ1n) is 4.09. The van der Waals surface area contributed by atoms with E-state index >= 15 is 0 Å². The van der Waals surface area contributed by atoms with Gasteiger partial charge in [-0.25, -0.2) is 4.79 Å². The quantitative estimate of drug-likeness (QED) is 0.734. The molecule has 1 rings (SSSR count). The van der Waals surface area contributed by atoms with Crippen molar-refractivity contribution in [1.29, 1.82) is 0 Å². The standard InChI is InChI=1S/C9H8F3NO3/c1-15-6-3-7(9(10,11)12)13-4-5(6)8(14)16-2/h3-4H,1-2H3. The number of alkyl halides is 3. The molecule has 1 aromatic rings. The molecule has 0 aromatic carbocycles. The Labute approximate surface area is 89.0 Å². The number of ether oxygens (including phenoxy) is 2. The molecule has 0 fully saturated rings. The topological polar surface area (TPSA) is 48.4 Å². The van der Waals surface area contributed by atoms with Gasteiger partial charge in [-0.05, 0) is 0 Å². The van der Waals surface area contributed by atoms with Gasteiger partial charge in [0.2, 0.25) is 0 Å². The van der Waals surface area contributed by atoms with Crippen LogP contribution in [-0.4, -0.2) is 25.2 Å². The van der Waals surface area contributed by atoms with Crippen molar-refractivity contribution in [1.82, 2.24) is 4.98 Å². The van der Waals surface area contributed by atoms with E-state index in [4.69, 9.17) is 0 Å². The molecule has 4 nitrogen and oxygen atoms in total. The normalized spacial score (nSPS) is 11.1. The van der Waals surface area contributed by atoms with Crippen LogP contribution in [-0.2, 0) is 10.9 Å². The van der Waals surface area contributed by atoms with Crippen LogP contribution in [0.5, 0.6) is 5.75 Å². The van der Waals surface area contributed by atoms with E-state index in [2.05, 4.69) is 14.5 Å². The Morgan fingerprint density at radius 1 is 1.38 bits per heavy atom. The maximum absolute atomic E-state index is 12.3. The van der Waals surface area contributed by atoms with Gasteiger partial charge in [-0.15, -0.1) is 0 Å². The third-order valence-corrected chi connectivity index (χ3v) is 1.78. The van der Waals surface area contributed by atoms with Gasteiger partial charge in [-0.1, -0.05) is 0 Å². The maximum Gasteiger partial charge on any atom is 0.433 e. The molecule has 1 heterocycles. The second kappa shape index (κ2) is 4.38. The highest BCUT2D eigenvalue weighted by Crippen LogP contribution is 2.31. The van der Waals surface area contributed by atoms with Crippen molar-refractivity contribution in [2.75, 3.05) is 14.2 Å². The van der Waals surface area contributed by atoms with E-state index in [9.17, 15) is 18.0 Å². The molecule has 0 saturated heterocycles. The lowest BCUT2D eigenvalue weighted by atomic mass is 10.2. The molecule has 88 valence electrons. The summed E-state index contributed by atoms with van der Waals surface area (Å²) in [6.45, 7) is 0. The minimum atomic E-state index is -4.58. The summed E-state index contributed by atoms with van der Waals surface area (Å²) in [6.07, 6.45) is -3.81. The first-order chi connectivity index (χ1) is 7.40. The van der Waals surface area contributed by atoms with E-state index in [1.165, 1.54) is 0 Å². The Morgan fingerprint density at radius 2 is 2.00 bits per heavy atom. The number of hydrogen-bond acceptors (Lipinski definition) is 4. The Hall–Kier alpha value is -1.79. The largest absolute Gasteiger partial charge is 0.496 e. The zero-order valence-corrected chi connectivity index (χ0v) is 8.46. The van der Waals surface area contributed by atoms with Gasteiger partial charge in [-0.3, -0.25) is 4.98 Å². The molecule has 0 radical (unpaired) electrons. The third-order valence-electron chi connectivity index (χ3n) is 1.78. The smallest absolute Gasteiger partial charge is 0.433 e. The molecule has 0 saturated carbocycles. The van der Waals surface area contributed by atoms with Gasteiger partial charge in [-0.2, -0.15) is 13.2 Å². The predicted octanol–water partition coefficient (Wildman–Crippen LogP) is 1.90. The first kappa shape index (κ1) is 12.3. The molecule has 7 heteroatoms. The van der Waals surface area contributed by atoms with Gasteiger partial charge < -0.3 is 9.47 Å². The van der Waals surface area contributed by atoms with E-state index < -0.39 is 17.8 Å². The average Bonchev–Trinajstić information content (AvgIpc) is 2.26. The van der Waals surface area contributed by atoms with Crippen LogP contribution in [0.3, 0.4) is 0 Å². The zero-order chi connectivity index (χ0) is 12.3. The number of carbonyl (C=O) groups excluding carboxylic acids is 1. The van der Waals surface area contributed by atoms with Crippen LogP contribution in [0.2, 0.25) is 0 Å². The summed E-state index contributed by atoms with van der Waals surface area (Å²) in [4.78, 5) is 14.3. The fourth-order valence-electron chi connectivity index (χ4n) is 1.02. The second-order valence-corrected chi connectivity index (χ2v) is 2.76. The Bertz CT molecular complexity index is 403. The first-order valence-corrected chi connectivity index (χ1v) is 4.09. The predicted molar refractivity (Wildman–Crippen MR) is 47.1 cm³/mol. The minimum absolute atomic E-state index is 0.155. The van der Waals surface area contributed by atoms with Gasteiger partial charge in [0, 0.05) is 12.3 Å². The van der Waals surface area contributed by atoms with Crippen LogP contribution >= 0.6 is 0 Å². The summed E-state index contributed by atoms with van der Waals surface area (Å²) in [7, 11) is 2.27. The number of esters is 1. The highest BCUT2D eigenvalue weighted by molar-refractivity contribution is 5.92. The van der Waals surface area contributed by atoms with Crippen LogP contribution in [0, 0.1) is 0 Å². The molecule has 0 aliphatic heterocycles. The number of aromatic nitrogens is 1. The fourth-order valence-corrected chi connectivity index (χ4v) is 1.02. The minimum Gasteiger partial charge on any atom is -0.496 e. The molecule has 16 heavy (non-hydrogen) atoms. The summed E-state index contributed by atoms with van der Waals surface area (Å²) in [5.41, 5.74) is -1.28. The van der Waals surface area contributed by atoms with E-state index in [0.29, 0.717) is 6.07 Å². The second-order valence-electron chi connectivity index (χ2n) is 2.76. The maximum atomic E-state index is 12.3. The molecule has 0 aliphatic rings. The average molecular weight is 235 g/mol. The van der Waals surface area contributed by atoms with Gasteiger partial charge in [0.15, 0.2) is 0 Å². The van der Waals surface area contributed by atoms with Crippen LogP contribution < -0.4 is 4.74 Å². The molecule has 0 bridgehead atoms. The van der Waals surface area contributed by atoms with Crippen LogP contribution in [0.1, 0.15) is 16.1 Å². The van der Waals surface area contributed by atoms with Crippen molar-refractivity contribution in [3.05, 3.63) is 23.5 Å². The number of rotatable bonds is 2. The monoisotopic (exact) mass is 235 g/mol. The van der Waals surface area contributed by atoms with E-state index in [-0.39, 0.29) is 11.3 Å². The summed E-state index contributed by atoms with van der Waals surface area (Å²) >= 11 is 0. The zero-order valence-electron chi connectivity index (χ0n) is 8.46. The Kier molecular flexibility index (Phi) is 3.36. The van der Waals surface area contributed by atoms with Crippen molar-refractivity contribution in [3.8, 4) is 5.75 Å². The van der Waals surface area contributed by atoms with E-state index in [0.717, 1.165) is 20.4 Å². The fraction of sp³-hybridized carbons (Fsp3) is 0.333. The van der Waals surface area contributed by atoms with Gasteiger partial charge in [0.05, 0.1) is 14.2 Å². The number of halogens is 3. The van der Waals surface area contributed by atoms with E-state index in [1.807, 2.05) is 0 Å². The van der Waals surface area contributed by atoms with Gasteiger partial charge >= 0.3 is 12.1 Å². The van der Waals surface area contributed by atoms with Crippen molar-refractivity contribution in [2.24, 2.45) is 0 Å². The van der Waals surface area contributed by atoms with Crippen LogP contribution in [0.4, 0.5) is 13.2 Å². The van der Waals surface area contributed by atoms with Crippen LogP contribution in [0.15, 0.2) is 12.3 Å². The molecular formula is C9H8F3NO3. The summed E-state index contributed by atoms with van der Waals surface area (Å²) in [5.74, 6) is -1.03. The lowest BCUT2D eigenvalue weighted by Crippen LogP contribution is -2.11. The third kappa shape index (κ3) is 2.41. The summed E-state index contributed by atoms with van der Waals surface area (Å²) < 4.78 is 45.9. The molecule has 0 atom stereocenters. The van der Waals surface area contributed by atoms with Crippen molar-refractivity contribution in [3.63, 3.8) is 0 Å². The van der Waals surface area contributed by atoms with E-state index in [1.54, 1.807) is 0 Å². The van der Waals surface area contributed by atoms with Gasteiger partial charge in [0.1, 0.15) is 17.0 Å². The SMILES string of the molecule is COC(=O)c1cnc(C(F)(F)F)cc1OC. The number of carbonyl (C=O) groups is 1. The molecular weight excluding hydrogens is 227 g/mol. The summed E-state index contributed by atoms with van der Waals surface area (Å²) in [5, 5.41) is 0. The molecule has 0 spiro atoms.